The first-order valence-corrected chi connectivity index (χ1v) is 6.91. The summed E-state index contributed by atoms with van der Waals surface area (Å²) in [5, 5.41) is 1.15. The summed E-state index contributed by atoms with van der Waals surface area (Å²) >= 11 is 0. The Kier molecular flexibility index (Phi) is 3.36. The van der Waals surface area contributed by atoms with Crippen LogP contribution in [0.4, 0.5) is 13.2 Å². The minimum atomic E-state index is -4.55. The molecule has 2 fully saturated rings. The van der Waals surface area contributed by atoms with Crippen molar-refractivity contribution in [2.24, 2.45) is 0 Å². The Bertz CT molecular complexity index is 684. The zero-order valence-corrected chi connectivity index (χ0v) is 12.5. The van der Waals surface area contributed by atoms with Crippen LogP contribution >= 0.6 is 0 Å². The second-order valence-electron chi connectivity index (χ2n) is 5.83. The highest BCUT2D eigenvalue weighted by Gasteiger charge is 2.54. The number of rotatable bonds is 1. The molecule has 0 saturated carbocycles. The minimum Gasteiger partial charge on any atom is -0.332 e. The number of halogens is 3. The molecule has 0 aliphatic carbocycles. The molecule has 0 radical (unpaired) electrons. The van der Waals surface area contributed by atoms with Crippen LogP contribution in [0.3, 0.4) is 0 Å². The molecule has 0 unspecified atom stereocenters. The van der Waals surface area contributed by atoms with Crippen LogP contribution in [0.25, 0.3) is 0 Å². The molecule has 1 aromatic rings. The van der Waals surface area contributed by atoms with Crippen molar-refractivity contribution in [3.05, 3.63) is 29.1 Å². The summed E-state index contributed by atoms with van der Waals surface area (Å²) in [5.41, 5.74) is -1.59. The molecule has 1 aromatic heterocycles. The molecule has 2 saturated heterocycles. The second kappa shape index (κ2) is 4.92. The van der Waals surface area contributed by atoms with Gasteiger partial charge < -0.3 is 4.90 Å². The minimum absolute atomic E-state index is 0.0197. The third-order valence-electron chi connectivity index (χ3n) is 4.01. The number of amides is 2. The lowest BCUT2D eigenvalue weighted by Gasteiger charge is -2.45. The van der Waals surface area contributed by atoms with Gasteiger partial charge in [-0.3, -0.25) is 14.4 Å². The SMILES string of the molecule is Cc1nc(C(F)(F)F)ccc1C(=O)N1CC2(CC(=O)N(C)O2)C1. The van der Waals surface area contributed by atoms with Crippen molar-refractivity contribution in [3.8, 4) is 0 Å². The summed E-state index contributed by atoms with van der Waals surface area (Å²) < 4.78 is 37.8. The maximum Gasteiger partial charge on any atom is 0.433 e. The van der Waals surface area contributed by atoms with Crippen molar-refractivity contribution >= 4 is 11.8 Å². The van der Waals surface area contributed by atoms with E-state index in [0.29, 0.717) is 0 Å². The van der Waals surface area contributed by atoms with Gasteiger partial charge in [-0.15, -0.1) is 0 Å². The summed E-state index contributed by atoms with van der Waals surface area (Å²) in [5.74, 6) is -0.579. The van der Waals surface area contributed by atoms with Crippen LogP contribution in [0.2, 0.25) is 0 Å². The van der Waals surface area contributed by atoms with Crippen LogP contribution < -0.4 is 0 Å². The number of likely N-dealkylation sites (tertiary alicyclic amines) is 1. The lowest BCUT2D eigenvalue weighted by molar-refractivity contribution is -0.218. The Labute approximate surface area is 129 Å². The molecule has 2 amide bonds. The molecule has 0 atom stereocenters. The van der Waals surface area contributed by atoms with Gasteiger partial charge in [0.2, 0.25) is 5.91 Å². The fraction of sp³-hybridized carbons (Fsp3) is 0.500. The van der Waals surface area contributed by atoms with Gasteiger partial charge in [0.05, 0.1) is 30.8 Å². The number of hydrogen-bond donors (Lipinski definition) is 0. The van der Waals surface area contributed by atoms with E-state index < -0.39 is 23.4 Å². The standard InChI is InChI=1S/C14H14F3N3O3/c1-8-9(3-4-10(18-8)14(15,16)17)12(22)20-6-13(7-20)5-11(21)19(2)23-13/h3-4H,5-7H2,1-2H3. The van der Waals surface area contributed by atoms with Gasteiger partial charge in [0.25, 0.3) is 5.91 Å². The third-order valence-corrected chi connectivity index (χ3v) is 4.01. The molecular formula is C14H14F3N3O3. The molecule has 0 aromatic carbocycles. The molecule has 2 aliphatic rings. The Morgan fingerprint density at radius 1 is 1.35 bits per heavy atom. The number of nitrogens with zero attached hydrogens (tertiary/aromatic N) is 3. The maximum atomic E-state index is 12.6. The van der Waals surface area contributed by atoms with Gasteiger partial charge in [-0.2, -0.15) is 13.2 Å². The number of carbonyl (C=O) groups is 2. The smallest absolute Gasteiger partial charge is 0.332 e. The average molecular weight is 329 g/mol. The van der Waals surface area contributed by atoms with Crippen molar-refractivity contribution < 1.29 is 27.6 Å². The number of pyridine rings is 1. The summed E-state index contributed by atoms with van der Waals surface area (Å²) in [4.78, 5) is 34.2. The van der Waals surface area contributed by atoms with Crippen LogP contribution in [0.1, 0.15) is 28.2 Å². The Morgan fingerprint density at radius 2 is 2.00 bits per heavy atom. The molecular weight excluding hydrogens is 315 g/mol. The van der Waals surface area contributed by atoms with Crippen LogP contribution in [0, 0.1) is 6.92 Å². The lowest BCUT2D eigenvalue weighted by atomic mass is 9.90. The Morgan fingerprint density at radius 3 is 2.48 bits per heavy atom. The summed E-state index contributed by atoms with van der Waals surface area (Å²) in [7, 11) is 1.51. The van der Waals surface area contributed by atoms with Gasteiger partial charge in [0.1, 0.15) is 11.3 Å². The molecule has 6 nitrogen and oxygen atoms in total. The highest BCUT2D eigenvalue weighted by molar-refractivity contribution is 5.96. The van der Waals surface area contributed by atoms with Crippen molar-refractivity contribution in [1.29, 1.82) is 0 Å². The van der Waals surface area contributed by atoms with E-state index >= 15 is 0 Å². The van der Waals surface area contributed by atoms with Gasteiger partial charge in [0, 0.05) is 7.05 Å². The highest BCUT2D eigenvalue weighted by atomic mass is 19.4. The molecule has 23 heavy (non-hydrogen) atoms. The van der Waals surface area contributed by atoms with E-state index in [1.165, 1.54) is 18.9 Å². The zero-order chi connectivity index (χ0) is 17.0. The lowest BCUT2D eigenvalue weighted by Crippen LogP contribution is -2.63. The van der Waals surface area contributed by atoms with Crippen molar-refractivity contribution in [3.63, 3.8) is 0 Å². The topological polar surface area (TPSA) is 62.7 Å². The summed E-state index contributed by atoms with van der Waals surface area (Å²) in [6.45, 7) is 1.81. The van der Waals surface area contributed by atoms with Crippen LogP contribution in [0.15, 0.2) is 12.1 Å². The van der Waals surface area contributed by atoms with Crippen molar-refractivity contribution in [1.82, 2.24) is 14.9 Å². The number of hydrogen-bond acceptors (Lipinski definition) is 4. The number of aromatic nitrogens is 1. The summed E-state index contributed by atoms with van der Waals surface area (Å²) in [6, 6.07) is 1.92. The molecule has 9 heteroatoms. The number of alkyl halides is 3. The molecule has 124 valence electrons. The highest BCUT2D eigenvalue weighted by Crippen LogP contribution is 2.36. The summed E-state index contributed by atoms with van der Waals surface area (Å²) in [6.07, 6.45) is -4.35. The van der Waals surface area contributed by atoms with Gasteiger partial charge in [-0.1, -0.05) is 0 Å². The van der Waals surface area contributed by atoms with E-state index in [0.717, 1.165) is 17.2 Å². The normalized spacial score (nSPS) is 20.1. The number of carbonyl (C=O) groups excluding carboxylic acids is 2. The number of hydroxylamine groups is 2. The van der Waals surface area contributed by atoms with E-state index in [1.807, 2.05) is 0 Å². The van der Waals surface area contributed by atoms with Crippen LogP contribution in [0.5, 0.6) is 0 Å². The molecule has 0 bridgehead atoms. The van der Waals surface area contributed by atoms with E-state index in [-0.39, 0.29) is 36.7 Å². The quantitative estimate of drug-likeness (QED) is 0.781. The maximum absolute atomic E-state index is 12.6. The van der Waals surface area contributed by atoms with Crippen molar-refractivity contribution in [2.45, 2.75) is 25.1 Å². The first-order valence-electron chi connectivity index (χ1n) is 6.91. The molecule has 3 rings (SSSR count). The van der Waals surface area contributed by atoms with Gasteiger partial charge in [0.15, 0.2) is 0 Å². The molecule has 0 N–H and O–H groups in total. The Balaban J connectivity index is 1.72. The second-order valence-corrected chi connectivity index (χ2v) is 5.83. The van der Waals surface area contributed by atoms with Crippen LogP contribution in [-0.4, -0.2) is 52.5 Å². The first-order chi connectivity index (χ1) is 10.6. The van der Waals surface area contributed by atoms with Crippen molar-refractivity contribution in [2.75, 3.05) is 20.1 Å². The molecule has 1 spiro atoms. The monoisotopic (exact) mass is 329 g/mol. The first kappa shape index (κ1) is 15.7. The predicted molar refractivity (Wildman–Crippen MR) is 71.1 cm³/mol. The van der Waals surface area contributed by atoms with Gasteiger partial charge >= 0.3 is 6.18 Å². The van der Waals surface area contributed by atoms with E-state index in [1.54, 1.807) is 0 Å². The van der Waals surface area contributed by atoms with Crippen LogP contribution in [-0.2, 0) is 15.8 Å². The largest absolute Gasteiger partial charge is 0.433 e. The van der Waals surface area contributed by atoms with E-state index in [4.69, 9.17) is 4.84 Å². The fourth-order valence-corrected chi connectivity index (χ4v) is 2.84. The van der Waals surface area contributed by atoms with Gasteiger partial charge in [-0.05, 0) is 19.1 Å². The van der Waals surface area contributed by atoms with E-state index in [2.05, 4.69) is 4.98 Å². The Hall–Kier alpha value is -2.16. The average Bonchev–Trinajstić information content (AvgIpc) is 2.71. The molecule has 3 heterocycles. The third kappa shape index (κ3) is 2.65. The molecule has 2 aliphatic heterocycles. The predicted octanol–water partition coefficient (Wildman–Crippen LogP) is 1.40. The zero-order valence-electron chi connectivity index (χ0n) is 12.5. The van der Waals surface area contributed by atoms with Gasteiger partial charge in [-0.25, -0.2) is 10.0 Å². The number of aryl methyl sites for hydroxylation is 1. The fourth-order valence-electron chi connectivity index (χ4n) is 2.84. The van der Waals surface area contributed by atoms with E-state index in [9.17, 15) is 22.8 Å².